The Morgan fingerprint density at radius 3 is 2.65 bits per heavy atom. The lowest BCUT2D eigenvalue weighted by Crippen LogP contribution is -2.26. The summed E-state index contributed by atoms with van der Waals surface area (Å²) in [7, 11) is 0. The van der Waals surface area contributed by atoms with Crippen molar-refractivity contribution >= 4 is 50.6 Å². The highest BCUT2D eigenvalue weighted by Gasteiger charge is 2.23. The highest BCUT2D eigenvalue weighted by atomic mass is 35.5. The standard InChI is InChI=1S/C24H20ClN3O5S/c1-3-32-24(31)21-18-13-34-22(26-19(29)12-33-17-9-7-15(25)8-10-17)20(18)23(30)28(27-21)16-6-4-5-14(2)11-16/h4-11,13H,3,12H2,1-2H3,(H,26,29). The molecule has 4 rings (SSSR count). The Morgan fingerprint density at radius 1 is 1.18 bits per heavy atom. The van der Waals surface area contributed by atoms with Crippen LogP contribution in [0, 0.1) is 6.92 Å². The summed E-state index contributed by atoms with van der Waals surface area (Å²) < 4.78 is 11.8. The average Bonchev–Trinajstić information content (AvgIpc) is 3.23. The molecule has 0 atom stereocenters. The predicted molar refractivity (Wildman–Crippen MR) is 131 cm³/mol. The molecule has 0 saturated carbocycles. The van der Waals surface area contributed by atoms with E-state index in [9.17, 15) is 14.4 Å². The van der Waals surface area contributed by atoms with Gasteiger partial charge in [0.15, 0.2) is 12.3 Å². The van der Waals surface area contributed by atoms with Gasteiger partial charge in [0.05, 0.1) is 17.7 Å². The normalized spacial score (nSPS) is 10.8. The lowest BCUT2D eigenvalue weighted by Gasteiger charge is -2.10. The van der Waals surface area contributed by atoms with E-state index in [-0.39, 0.29) is 24.3 Å². The van der Waals surface area contributed by atoms with Crippen molar-refractivity contribution in [1.82, 2.24) is 9.78 Å². The van der Waals surface area contributed by atoms with E-state index < -0.39 is 17.4 Å². The van der Waals surface area contributed by atoms with Crippen LogP contribution in [0.4, 0.5) is 5.00 Å². The van der Waals surface area contributed by atoms with Crippen molar-refractivity contribution in [2.75, 3.05) is 18.5 Å². The van der Waals surface area contributed by atoms with Crippen molar-refractivity contribution in [3.8, 4) is 11.4 Å². The largest absolute Gasteiger partial charge is 0.484 e. The number of rotatable bonds is 7. The molecule has 174 valence electrons. The zero-order valence-electron chi connectivity index (χ0n) is 18.3. The van der Waals surface area contributed by atoms with Crippen LogP contribution in [-0.4, -0.2) is 34.9 Å². The summed E-state index contributed by atoms with van der Waals surface area (Å²) >= 11 is 6.98. The number of nitrogens with one attached hydrogen (secondary N) is 1. The van der Waals surface area contributed by atoms with Crippen LogP contribution >= 0.6 is 22.9 Å². The first-order valence-corrected chi connectivity index (χ1v) is 11.6. The number of aromatic nitrogens is 2. The quantitative estimate of drug-likeness (QED) is 0.374. The zero-order chi connectivity index (χ0) is 24.2. The molecule has 0 aliphatic rings. The fourth-order valence-corrected chi connectivity index (χ4v) is 4.35. The van der Waals surface area contributed by atoms with E-state index in [1.807, 2.05) is 13.0 Å². The van der Waals surface area contributed by atoms with Gasteiger partial charge in [-0.15, -0.1) is 11.3 Å². The van der Waals surface area contributed by atoms with Crippen LogP contribution in [0.25, 0.3) is 16.5 Å². The number of amides is 1. The van der Waals surface area contributed by atoms with Crippen molar-refractivity contribution < 1.29 is 19.1 Å². The number of fused-ring (bicyclic) bond motifs is 1. The Kier molecular flexibility index (Phi) is 6.95. The van der Waals surface area contributed by atoms with Crippen LogP contribution in [0.2, 0.25) is 5.02 Å². The number of esters is 1. The van der Waals surface area contributed by atoms with Crippen molar-refractivity contribution in [2.24, 2.45) is 0 Å². The second-order valence-electron chi connectivity index (χ2n) is 7.27. The molecular weight excluding hydrogens is 478 g/mol. The molecule has 1 N–H and O–H groups in total. The third-order valence-electron chi connectivity index (χ3n) is 4.80. The van der Waals surface area contributed by atoms with E-state index in [0.717, 1.165) is 21.6 Å². The molecular formula is C24H20ClN3O5S. The van der Waals surface area contributed by atoms with Gasteiger partial charge in [-0.05, 0) is 55.8 Å². The van der Waals surface area contributed by atoms with Crippen molar-refractivity contribution in [2.45, 2.75) is 13.8 Å². The fraction of sp³-hybridized carbons (Fsp3) is 0.167. The van der Waals surface area contributed by atoms with Gasteiger partial charge in [0.1, 0.15) is 10.8 Å². The first-order valence-electron chi connectivity index (χ1n) is 10.3. The average molecular weight is 498 g/mol. The Bertz CT molecular complexity index is 1430. The minimum absolute atomic E-state index is 0.00730. The van der Waals surface area contributed by atoms with Gasteiger partial charge in [-0.3, -0.25) is 9.59 Å². The van der Waals surface area contributed by atoms with E-state index in [1.54, 1.807) is 54.8 Å². The Morgan fingerprint density at radius 2 is 1.94 bits per heavy atom. The number of halogens is 1. The van der Waals surface area contributed by atoms with Gasteiger partial charge in [0.2, 0.25) is 0 Å². The Labute approximate surface area is 203 Å². The zero-order valence-corrected chi connectivity index (χ0v) is 19.9. The lowest BCUT2D eigenvalue weighted by atomic mass is 10.2. The fourth-order valence-electron chi connectivity index (χ4n) is 3.27. The van der Waals surface area contributed by atoms with E-state index in [4.69, 9.17) is 21.1 Å². The molecule has 0 saturated heterocycles. The summed E-state index contributed by atoms with van der Waals surface area (Å²) in [6.07, 6.45) is 0. The van der Waals surface area contributed by atoms with Crippen LogP contribution < -0.4 is 15.6 Å². The van der Waals surface area contributed by atoms with Gasteiger partial charge in [-0.25, -0.2) is 4.79 Å². The smallest absolute Gasteiger partial charge is 0.359 e. The number of nitrogens with zero attached hydrogens (tertiary/aromatic N) is 2. The van der Waals surface area contributed by atoms with Crippen LogP contribution in [0.15, 0.2) is 58.7 Å². The summed E-state index contributed by atoms with van der Waals surface area (Å²) in [5.74, 6) is -0.642. The number of hydrogen-bond acceptors (Lipinski definition) is 7. The minimum Gasteiger partial charge on any atom is -0.484 e. The Balaban J connectivity index is 1.71. The SMILES string of the molecule is CCOC(=O)c1nn(-c2cccc(C)c2)c(=O)c2c(NC(=O)COc3ccc(Cl)cc3)scc12. The highest BCUT2D eigenvalue weighted by molar-refractivity contribution is 7.16. The summed E-state index contributed by atoms with van der Waals surface area (Å²) in [5, 5.41) is 9.93. The second kappa shape index (κ2) is 10.1. The molecule has 2 aromatic carbocycles. The van der Waals surface area contributed by atoms with E-state index >= 15 is 0 Å². The summed E-state index contributed by atoms with van der Waals surface area (Å²) in [6, 6.07) is 13.8. The van der Waals surface area contributed by atoms with Crippen LogP contribution in [-0.2, 0) is 9.53 Å². The summed E-state index contributed by atoms with van der Waals surface area (Å²) in [6.45, 7) is 3.45. The first kappa shape index (κ1) is 23.5. The predicted octanol–water partition coefficient (Wildman–Crippen LogP) is 4.60. The van der Waals surface area contributed by atoms with Crippen molar-refractivity contribution in [3.63, 3.8) is 0 Å². The van der Waals surface area contributed by atoms with Crippen LogP contribution in [0.3, 0.4) is 0 Å². The molecule has 2 aromatic heterocycles. The first-order chi connectivity index (χ1) is 16.4. The molecule has 0 fully saturated rings. The second-order valence-corrected chi connectivity index (χ2v) is 8.59. The third kappa shape index (κ3) is 4.95. The maximum Gasteiger partial charge on any atom is 0.359 e. The minimum atomic E-state index is -0.657. The number of hydrogen-bond donors (Lipinski definition) is 1. The molecule has 0 bridgehead atoms. The number of ether oxygens (including phenoxy) is 2. The molecule has 0 radical (unpaired) electrons. The maximum atomic E-state index is 13.4. The molecule has 10 heteroatoms. The molecule has 4 aromatic rings. The van der Waals surface area contributed by atoms with Crippen LogP contribution in [0.5, 0.6) is 5.75 Å². The molecule has 0 aliphatic heterocycles. The maximum absolute atomic E-state index is 13.4. The highest BCUT2D eigenvalue weighted by Crippen LogP contribution is 2.30. The lowest BCUT2D eigenvalue weighted by molar-refractivity contribution is -0.118. The van der Waals surface area contributed by atoms with Gasteiger partial charge < -0.3 is 14.8 Å². The molecule has 0 unspecified atom stereocenters. The van der Waals surface area contributed by atoms with Gasteiger partial charge in [0.25, 0.3) is 11.5 Å². The molecule has 8 nitrogen and oxygen atoms in total. The van der Waals surface area contributed by atoms with Crippen LogP contribution in [0.1, 0.15) is 23.0 Å². The number of benzene rings is 2. The van der Waals surface area contributed by atoms with Gasteiger partial charge in [-0.2, -0.15) is 9.78 Å². The number of anilines is 1. The third-order valence-corrected chi connectivity index (χ3v) is 5.95. The molecule has 2 heterocycles. The molecule has 0 spiro atoms. The number of aryl methyl sites for hydroxylation is 1. The number of thiophene rings is 1. The molecule has 34 heavy (non-hydrogen) atoms. The van der Waals surface area contributed by atoms with E-state index in [2.05, 4.69) is 10.4 Å². The molecule has 1 amide bonds. The summed E-state index contributed by atoms with van der Waals surface area (Å²) in [5.41, 5.74) is 0.935. The number of carbonyl (C=O) groups is 2. The van der Waals surface area contributed by atoms with Gasteiger partial charge in [0, 0.05) is 15.8 Å². The van der Waals surface area contributed by atoms with Gasteiger partial charge >= 0.3 is 5.97 Å². The van der Waals surface area contributed by atoms with Crippen molar-refractivity contribution in [1.29, 1.82) is 0 Å². The van der Waals surface area contributed by atoms with Crippen molar-refractivity contribution in [3.05, 3.63) is 80.5 Å². The topological polar surface area (TPSA) is 99.5 Å². The van der Waals surface area contributed by atoms with Gasteiger partial charge in [-0.1, -0.05) is 23.7 Å². The monoisotopic (exact) mass is 497 g/mol. The Hall–Kier alpha value is -3.69. The number of carbonyl (C=O) groups excluding carboxylic acids is 2. The molecule has 0 aliphatic carbocycles. The van der Waals surface area contributed by atoms with E-state index in [0.29, 0.717) is 26.8 Å². The van der Waals surface area contributed by atoms with E-state index in [1.165, 1.54) is 0 Å². The summed E-state index contributed by atoms with van der Waals surface area (Å²) in [4.78, 5) is 38.6.